The van der Waals surface area contributed by atoms with Crippen LogP contribution in [0.1, 0.15) is 71.4 Å². The number of ether oxygens (including phenoxy) is 1. The molecule has 1 saturated carbocycles. The van der Waals surface area contributed by atoms with Gasteiger partial charge in [0.2, 0.25) is 5.91 Å². The van der Waals surface area contributed by atoms with E-state index in [4.69, 9.17) is 9.72 Å². The molecule has 5 nitrogen and oxygen atoms in total. The third-order valence-corrected chi connectivity index (χ3v) is 6.71. The Kier molecular flexibility index (Phi) is 8.44. The van der Waals surface area contributed by atoms with Crippen molar-refractivity contribution in [2.75, 3.05) is 12.4 Å². The second kappa shape index (κ2) is 11.3. The zero-order chi connectivity index (χ0) is 22.2. The molecule has 1 fully saturated rings. The van der Waals surface area contributed by atoms with Crippen LogP contribution in [0.4, 0.5) is 5.82 Å². The van der Waals surface area contributed by atoms with E-state index < -0.39 is 0 Å². The standard InChI is InChI=1S/C26H37N3O2/c1-5-19-14-20(6-2)16-21(15-19)8-7-9-24-26(28-18(3)30)27-17-25(29-24)22-10-12-23(31-4)13-11-22/h10-13,17,19-21H,5-9,14-16H2,1-4H3,(H,27,28,30). The molecule has 31 heavy (non-hydrogen) atoms. The van der Waals surface area contributed by atoms with Crippen molar-refractivity contribution in [1.82, 2.24) is 9.97 Å². The van der Waals surface area contributed by atoms with Crippen LogP contribution in [0.25, 0.3) is 11.3 Å². The van der Waals surface area contributed by atoms with E-state index in [1.807, 2.05) is 24.3 Å². The van der Waals surface area contributed by atoms with Gasteiger partial charge in [-0.3, -0.25) is 4.79 Å². The molecule has 0 saturated heterocycles. The summed E-state index contributed by atoms with van der Waals surface area (Å²) < 4.78 is 5.25. The molecule has 0 aliphatic heterocycles. The van der Waals surface area contributed by atoms with Gasteiger partial charge in [-0.1, -0.05) is 33.1 Å². The normalized spacial score (nSPS) is 21.0. The maximum Gasteiger partial charge on any atom is 0.222 e. The van der Waals surface area contributed by atoms with Crippen molar-refractivity contribution in [1.29, 1.82) is 0 Å². The van der Waals surface area contributed by atoms with Gasteiger partial charge in [-0.05, 0) is 74.1 Å². The lowest BCUT2D eigenvalue weighted by atomic mass is 9.72. The maximum absolute atomic E-state index is 11.7. The molecular formula is C26H37N3O2. The van der Waals surface area contributed by atoms with Crippen molar-refractivity contribution in [2.45, 2.75) is 72.1 Å². The Balaban J connectivity index is 1.70. The minimum Gasteiger partial charge on any atom is -0.497 e. The van der Waals surface area contributed by atoms with Crippen molar-refractivity contribution in [3.8, 4) is 17.0 Å². The fourth-order valence-electron chi connectivity index (χ4n) is 4.94. The Morgan fingerprint density at radius 1 is 1.06 bits per heavy atom. The van der Waals surface area contributed by atoms with E-state index in [9.17, 15) is 4.79 Å². The van der Waals surface area contributed by atoms with Crippen LogP contribution >= 0.6 is 0 Å². The summed E-state index contributed by atoms with van der Waals surface area (Å²) in [6.45, 7) is 6.18. The number of carbonyl (C=O) groups is 1. The summed E-state index contributed by atoms with van der Waals surface area (Å²) in [5, 5.41) is 2.86. The molecule has 168 valence electrons. The van der Waals surface area contributed by atoms with Gasteiger partial charge in [-0.25, -0.2) is 9.97 Å². The number of hydrogen-bond acceptors (Lipinski definition) is 4. The Bertz CT molecular complexity index is 838. The highest BCUT2D eigenvalue weighted by atomic mass is 16.5. The largest absolute Gasteiger partial charge is 0.497 e. The van der Waals surface area contributed by atoms with E-state index in [-0.39, 0.29) is 5.91 Å². The summed E-state index contributed by atoms with van der Waals surface area (Å²) in [7, 11) is 1.66. The average Bonchev–Trinajstić information content (AvgIpc) is 2.79. The van der Waals surface area contributed by atoms with E-state index in [1.165, 1.54) is 45.4 Å². The molecule has 2 unspecified atom stereocenters. The van der Waals surface area contributed by atoms with Gasteiger partial charge >= 0.3 is 0 Å². The number of methoxy groups -OCH3 is 1. The van der Waals surface area contributed by atoms with Gasteiger partial charge in [0.05, 0.1) is 24.7 Å². The van der Waals surface area contributed by atoms with Crippen molar-refractivity contribution in [3.05, 3.63) is 36.2 Å². The number of aryl methyl sites for hydroxylation is 1. The monoisotopic (exact) mass is 423 g/mol. The highest BCUT2D eigenvalue weighted by Gasteiger charge is 2.26. The summed E-state index contributed by atoms with van der Waals surface area (Å²) in [6.07, 6.45) is 11.6. The molecule has 1 N–H and O–H groups in total. The average molecular weight is 424 g/mol. The van der Waals surface area contributed by atoms with Crippen LogP contribution in [0.5, 0.6) is 5.75 Å². The number of hydrogen-bond donors (Lipinski definition) is 1. The number of nitrogens with zero attached hydrogens (tertiary/aromatic N) is 2. The van der Waals surface area contributed by atoms with Crippen LogP contribution in [0.3, 0.4) is 0 Å². The van der Waals surface area contributed by atoms with Crippen LogP contribution in [-0.4, -0.2) is 23.0 Å². The van der Waals surface area contributed by atoms with Gasteiger partial charge in [0, 0.05) is 12.5 Å². The van der Waals surface area contributed by atoms with Crippen molar-refractivity contribution < 1.29 is 9.53 Å². The van der Waals surface area contributed by atoms with Crippen LogP contribution in [-0.2, 0) is 11.2 Å². The molecule has 1 heterocycles. The first kappa shape index (κ1) is 23.2. The summed E-state index contributed by atoms with van der Waals surface area (Å²) in [5.74, 6) is 3.87. The molecule has 5 heteroatoms. The lowest BCUT2D eigenvalue weighted by Crippen LogP contribution is -2.22. The molecule has 1 aromatic heterocycles. The highest BCUT2D eigenvalue weighted by molar-refractivity contribution is 5.88. The SMILES string of the molecule is CCC1CC(CC)CC(CCCc2nc(-c3ccc(OC)cc3)cnc2NC(C)=O)C1. The first-order chi connectivity index (χ1) is 15.0. The van der Waals surface area contributed by atoms with Gasteiger partial charge in [0.25, 0.3) is 0 Å². The van der Waals surface area contributed by atoms with E-state index >= 15 is 0 Å². The van der Waals surface area contributed by atoms with Crippen LogP contribution in [0, 0.1) is 17.8 Å². The molecule has 2 atom stereocenters. The smallest absolute Gasteiger partial charge is 0.222 e. The molecule has 0 spiro atoms. The molecular weight excluding hydrogens is 386 g/mol. The minimum atomic E-state index is -0.114. The molecule has 1 amide bonds. The van der Waals surface area contributed by atoms with Crippen LogP contribution < -0.4 is 10.1 Å². The van der Waals surface area contributed by atoms with Gasteiger partial charge in [-0.15, -0.1) is 0 Å². The second-order valence-corrected chi connectivity index (χ2v) is 8.97. The Hall–Kier alpha value is -2.43. The number of anilines is 1. The number of aromatic nitrogens is 2. The predicted octanol–water partition coefficient (Wildman–Crippen LogP) is 6.29. The zero-order valence-corrected chi connectivity index (χ0v) is 19.5. The lowest BCUT2D eigenvalue weighted by Gasteiger charge is -2.34. The van der Waals surface area contributed by atoms with Crippen molar-refractivity contribution in [3.63, 3.8) is 0 Å². The lowest BCUT2D eigenvalue weighted by molar-refractivity contribution is -0.114. The topological polar surface area (TPSA) is 64.1 Å². The van der Waals surface area contributed by atoms with E-state index in [1.54, 1.807) is 13.3 Å². The quantitative estimate of drug-likeness (QED) is 0.515. The molecule has 0 bridgehead atoms. The van der Waals surface area contributed by atoms with Crippen molar-refractivity contribution >= 4 is 11.7 Å². The fraction of sp³-hybridized carbons (Fsp3) is 0.577. The predicted molar refractivity (Wildman–Crippen MR) is 126 cm³/mol. The summed E-state index contributed by atoms with van der Waals surface area (Å²) >= 11 is 0. The summed E-state index contributed by atoms with van der Waals surface area (Å²) in [4.78, 5) is 21.1. The number of amides is 1. The number of benzene rings is 1. The van der Waals surface area contributed by atoms with Gasteiger partial charge < -0.3 is 10.1 Å². The Morgan fingerprint density at radius 3 is 2.29 bits per heavy atom. The molecule has 0 radical (unpaired) electrons. The Labute approximate surface area is 187 Å². The third-order valence-electron chi connectivity index (χ3n) is 6.71. The van der Waals surface area contributed by atoms with Gasteiger partial charge in [0.1, 0.15) is 5.75 Å². The molecule has 2 aromatic rings. The number of carbonyl (C=O) groups excluding carboxylic acids is 1. The number of rotatable bonds is 9. The van der Waals surface area contributed by atoms with Crippen LogP contribution in [0.2, 0.25) is 0 Å². The summed E-state index contributed by atoms with van der Waals surface area (Å²) in [6, 6.07) is 7.83. The Morgan fingerprint density at radius 2 is 1.71 bits per heavy atom. The first-order valence-corrected chi connectivity index (χ1v) is 11.8. The third kappa shape index (κ3) is 6.52. The molecule has 3 rings (SSSR count). The van der Waals surface area contributed by atoms with Crippen LogP contribution in [0.15, 0.2) is 30.5 Å². The minimum absolute atomic E-state index is 0.114. The van der Waals surface area contributed by atoms with Gasteiger partial charge in [-0.2, -0.15) is 0 Å². The van der Waals surface area contributed by atoms with E-state index in [0.717, 1.165) is 53.3 Å². The van der Waals surface area contributed by atoms with E-state index in [2.05, 4.69) is 24.1 Å². The molecule has 1 aliphatic carbocycles. The molecule has 1 aliphatic rings. The fourth-order valence-corrected chi connectivity index (χ4v) is 4.94. The van der Waals surface area contributed by atoms with Crippen molar-refractivity contribution in [2.24, 2.45) is 17.8 Å². The molecule has 1 aromatic carbocycles. The second-order valence-electron chi connectivity index (χ2n) is 8.97. The van der Waals surface area contributed by atoms with Gasteiger partial charge in [0.15, 0.2) is 5.82 Å². The number of nitrogens with one attached hydrogen (secondary N) is 1. The maximum atomic E-state index is 11.7. The van der Waals surface area contributed by atoms with E-state index in [0.29, 0.717) is 5.82 Å². The zero-order valence-electron chi connectivity index (χ0n) is 19.5. The highest BCUT2D eigenvalue weighted by Crippen LogP contribution is 2.39. The first-order valence-electron chi connectivity index (χ1n) is 11.8. The summed E-state index contributed by atoms with van der Waals surface area (Å²) in [5.41, 5.74) is 2.69.